The number of Topliss-reactive ketones (excluding diaryl/α,β-unsaturated/α-hetero) is 1. The van der Waals surface area contributed by atoms with Crippen molar-refractivity contribution >= 4 is 5.78 Å². The molecule has 29 heavy (non-hydrogen) atoms. The van der Waals surface area contributed by atoms with Crippen molar-refractivity contribution in [2.24, 2.45) is 5.92 Å². The molecule has 0 radical (unpaired) electrons. The number of ether oxygens (including phenoxy) is 1. The number of hydrogen-bond acceptors (Lipinski definition) is 4. The van der Waals surface area contributed by atoms with Crippen LogP contribution in [0, 0.1) is 5.92 Å². The van der Waals surface area contributed by atoms with Crippen molar-refractivity contribution in [3.63, 3.8) is 0 Å². The minimum Gasteiger partial charge on any atom is -0.491 e. The maximum absolute atomic E-state index is 11.1. The van der Waals surface area contributed by atoms with E-state index >= 15 is 0 Å². The largest absolute Gasteiger partial charge is 0.491 e. The summed E-state index contributed by atoms with van der Waals surface area (Å²) in [5.41, 5.74) is 3.69. The molecule has 0 heterocycles. The molecule has 2 aromatic rings. The van der Waals surface area contributed by atoms with Crippen molar-refractivity contribution in [1.82, 2.24) is 5.32 Å². The summed E-state index contributed by atoms with van der Waals surface area (Å²) in [5.74, 6) is 1.58. The van der Waals surface area contributed by atoms with Crippen molar-refractivity contribution in [2.75, 3.05) is 13.2 Å². The monoisotopic (exact) mass is 397 g/mol. The number of rotatable bonds is 12. The normalized spacial score (nSPS) is 13.3. The molecule has 158 valence electrons. The van der Waals surface area contributed by atoms with Crippen molar-refractivity contribution in [3.8, 4) is 5.75 Å². The second kappa shape index (κ2) is 11.7. The fourth-order valence-electron chi connectivity index (χ4n) is 3.17. The Bertz CT molecular complexity index is 738. The number of carbonyl (C=O) groups excluding carboxylic acids is 1. The Morgan fingerprint density at radius 3 is 2.21 bits per heavy atom. The lowest BCUT2D eigenvalue weighted by molar-refractivity contribution is -0.116. The van der Waals surface area contributed by atoms with E-state index in [2.05, 4.69) is 50.4 Å². The van der Waals surface area contributed by atoms with Crippen molar-refractivity contribution in [2.45, 2.75) is 59.1 Å². The zero-order valence-corrected chi connectivity index (χ0v) is 18.2. The Morgan fingerprint density at radius 2 is 1.62 bits per heavy atom. The second-order valence-electron chi connectivity index (χ2n) is 8.28. The van der Waals surface area contributed by atoms with Crippen LogP contribution in [0.5, 0.6) is 5.75 Å². The summed E-state index contributed by atoms with van der Waals surface area (Å²) in [6.45, 7) is 8.86. The van der Waals surface area contributed by atoms with Gasteiger partial charge in [-0.25, -0.2) is 0 Å². The number of aliphatic hydroxyl groups excluding tert-OH is 1. The zero-order valence-electron chi connectivity index (χ0n) is 18.2. The summed E-state index contributed by atoms with van der Waals surface area (Å²) < 4.78 is 5.68. The maximum atomic E-state index is 11.1. The molecule has 0 aromatic heterocycles. The van der Waals surface area contributed by atoms with Crippen LogP contribution in [0.1, 0.15) is 56.8 Å². The Hall–Kier alpha value is -2.17. The van der Waals surface area contributed by atoms with Gasteiger partial charge < -0.3 is 20.0 Å². The van der Waals surface area contributed by atoms with Crippen molar-refractivity contribution in [3.05, 3.63) is 65.2 Å². The molecule has 2 aromatic carbocycles. The van der Waals surface area contributed by atoms with Crippen LogP contribution in [0.15, 0.2) is 48.5 Å². The third-order valence-electron chi connectivity index (χ3n) is 4.91. The molecule has 0 bridgehead atoms. The van der Waals surface area contributed by atoms with Gasteiger partial charge in [-0.15, -0.1) is 0 Å². The lowest BCUT2D eigenvalue weighted by Crippen LogP contribution is -2.33. The molecule has 2 unspecified atom stereocenters. The van der Waals surface area contributed by atoms with Gasteiger partial charge in [0.25, 0.3) is 0 Å². The number of nitrogens with one attached hydrogen (secondary N) is 1. The molecule has 0 amide bonds. The summed E-state index contributed by atoms with van der Waals surface area (Å²) in [4.78, 5) is 11.1. The molecule has 0 aliphatic rings. The number of aliphatic hydroxyl groups is 1. The summed E-state index contributed by atoms with van der Waals surface area (Å²) in [5, 5.41) is 13.6. The molecule has 2 N–H and O–H groups in total. The first-order valence-electron chi connectivity index (χ1n) is 10.5. The highest BCUT2D eigenvalue weighted by Crippen LogP contribution is 2.16. The van der Waals surface area contributed by atoms with Crippen molar-refractivity contribution < 1.29 is 14.6 Å². The molecule has 0 saturated heterocycles. The first kappa shape index (κ1) is 23.1. The molecule has 4 heteroatoms. The molecule has 0 fully saturated rings. The van der Waals surface area contributed by atoms with E-state index in [4.69, 9.17) is 4.74 Å². The number of carbonyl (C=O) groups is 1. The van der Waals surface area contributed by atoms with Crippen LogP contribution in [0.25, 0.3) is 0 Å². The standard InChI is InChI=1S/C25H35NO3/c1-18(2)15-22-7-11-23(12-8-22)20(4)26-16-24(28)17-29-25-13-9-21(10-14-25)6-5-19(3)27/h7-14,18,20,24,26,28H,5-6,15-17H2,1-4H3. The first-order chi connectivity index (χ1) is 13.8. The predicted molar refractivity (Wildman–Crippen MR) is 118 cm³/mol. The molecule has 0 aliphatic carbocycles. The highest BCUT2D eigenvalue weighted by atomic mass is 16.5. The van der Waals surface area contributed by atoms with Gasteiger partial charge >= 0.3 is 0 Å². The van der Waals surface area contributed by atoms with E-state index in [1.54, 1.807) is 6.92 Å². The summed E-state index contributed by atoms with van der Waals surface area (Å²) in [6.07, 6.45) is 1.81. The highest BCUT2D eigenvalue weighted by molar-refractivity contribution is 5.75. The highest BCUT2D eigenvalue weighted by Gasteiger charge is 2.10. The molecular formula is C25H35NO3. The van der Waals surface area contributed by atoms with E-state index in [1.807, 2.05) is 24.3 Å². The molecule has 2 atom stereocenters. The van der Waals surface area contributed by atoms with Gasteiger partial charge in [0.1, 0.15) is 24.2 Å². The smallest absolute Gasteiger partial charge is 0.130 e. The second-order valence-corrected chi connectivity index (χ2v) is 8.28. The van der Waals surface area contributed by atoms with Gasteiger partial charge in [-0.1, -0.05) is 50.2 Å². The lowest BCUT2D eigenvalue weighted by atomic mass is 10.00. The molecule has 2 rings (SSSR count). The van der Waals surface area contributed by atoms with E-state index in [0.717, 1.165) is 24.2 Å². The van der Waals surface area contributed by atoms with Crippen LogP contribution in [0.4, 0.5) is 0 Å². The van der Waals surface area contributed by atoms with Crippen LogP contribution in [-0.4, -0.2) is 30.1 Å². The van der Waals surface area contributed by atoms with Gasteiger partial charge in [0.2, 0.25) is 0 Å². The van der Waals surface area contributed by atoms with Gasteiger partial charge in [-0.05, 0) is 61.4 Å². The average molecular weight is 398 g/mol. The van der Waals surface area contributed by atoms with E-state index < -0.39 is 6.10 Å². The molecule has 0 spiro atoms. The Kier molecular flexibility index (Phi) is 9.36. The van der Waals surface area contributed by atoms with Gasteiger partial charge in [0.15, 0.2) is 0 Å². The summed E-state index contributed by atoms with van der Waals surface area (Å²) in [6, 6.07) is 16.6. The van der Waals surface area contributed by atoms with Crippen LogP contribution < -0.4 is 10.1 Å². The quantitative estimate of drug-likeness (QED) is 0.554. The third kappa shape index (κ3) is 8.80. The minimum atomic E-state index is -0.588. The SMILES string of the molecule is CC(=O)CCc1ccc(OCC(O)CNC(C)c2ccc(CC(C)C)cc2)cc1. The zero-order chi connectivity index (χ0) is 21.2. The van der Waals surface area contributed by atoms with Crippen molar-refractivity contribution in [1.29, 1.82) is 0 Å². The molecule has 4 nitrogen and oxygen atoms in total. The number of aryl methyl sites for hydroxylation is 1. The number of hydrogen-bond donors (Lipinski definition) is 2. The van der Waals surface area contributed by atoms with Crippen LogP contribution in [0.2, 0.25) is 0 Å². The fourth-order valence-corrected chi connectivity index (χ4v) is 3.17. The van der Waals surface area contributed by atoms with Gasteiger partial charge in [-0.2, -0.15) is 0 Å². The topological polar surface area (TPSA) is 58.6 Å². The molecular weight excluding hydrogens is 362 g/mol. The maximum Gasteiger partial charge on any atom is 0.130 e. The number of ketones is 1. The Labute approximate surface area is 175 Å². The van der Waals surface area contributed by atoms with Crippen LogP contribution in [-0.2, 0) is 17.6 Å². The Morgan fingerprint density at radius 1 is 1.00 bits per heavy atom. The fraction of sp³-hybridized carbons (Fsp3) is 0.480. The summed E-state index contributed by atoms with van der Waals surface area (Å²) in [7, 11) is 0. The third-order valence-corrected chi connectivity index (χ3v) is 4.91. The van der Waals surface area contributed by atoms with Gasteiger partial charge in [0, 0.05) is 19.0 Å². The predicted octanol–water partition coefficient (Wildman–Crippen LogP) is 4.50. The average Bonchev–Trinajstić information content (AvgIpc) is 2.69. The van der Waals surface area contributed by atoms with E-state index in [-0.39, 0.29) is 18.4 Å². The van der Waals surface area contributed by atoms with E-state index in [1.165, 1.54) is 11.1 Å². The van der Waals surface area contributed by atoms with Gasteiger partial charge in [-0.3, -0.25) is 0 Å². The first-order valence-corrected chi connectivity index (χ1v) is 10.5. The van der Waals surface area contributed by atoms with E-state index in [0.29, 0.717) is 18.9 Å². The van der Waals surface area contributed by atoms with Crippen LogP contribution >= 0.6 is 0 Å². The Balaban J connectivity index is 1.72. The molecule has 0 saturated carbocycles. The number of benzene rings is 2. The summed E-state index contributed by atoms with van der Waals surface area (Å²) >= 11 is 0. The lowest BCUT2D eigenvalue weighted by Gasteiger charge is -2.18. The van der Waals surface area contributed by atoms with Crippen LogP contribution in [0.3, 0.4) is 0 Å². The molecule has 0 aliphatic heterocycles. The van der Waals surface area contributed by atoms with E-state index in [9.17, 15) is 9.90 Å². The van der Waals surface area contributed by atoms with Gasteiger partial charge in [0.05, 0.1) is 0 Å². The minimum absolute atomic E-state index is 0.165.